The number of anilines is 1. The highest BCUT2D eigenvalue weighted by Crippen LogP contribution is 2.31. The zero-order chi connectivity index (χ0) is 14.1. The van der Waals surface area contributed by atoms with Gasteiger partial charge in [-0.25, -0.2) is 0 Å². The molecule has 0 aromatic heterocycles. The first-order chi connectivity index (χ1) is 9.69. The summed E-state index contributed by atoms with van der Waals surface area (Å²) in [6.45, 7) is 5.99. The third-order valence-corrected chi connectivity index (χ3v) is 3.78. The number of hydrogen-bond donors (Lipinski definition) is 0. The molecule has 2 aromatic rings. The molecule has 102 valence electrons. The van der Waals surface area contributed by atoms with Crippen LogP contribution in [0.25, 0.3) is 10.8 Å². The fraction of sp³-hybridized carbons (Fsp3) is 0.353. The smallest absolute Gasteiger partial charge is 0.0998 e. The number of morpholine rings is 1. The summed E-state index contributed by atoms with van der Waals surface area (Å²) in [6, 6.07) is 14.4. The minimum absolute atomic E-state index is 0.230. The zero-order valence-electron chi connectivity index (χ0n) is 11.8. The molecule has 2 aromatic carbocycles. The topological polar surface area (TPSA) is 36.3 Å². The Kier molecular flexibility index (Phi) is 3.33. The number of benzene rings is 2. The molecule has 1 saturated heterocycles. The first-order valence-electron chi connectivity index (χ1n) is 7.01. The van der Waals surface area contributed by atoms with Gasteiger partial charge in [-0.05, 0) is 26.0 Å². The van der Waals surface area contributed by atoms with Crippen LogP contribution >= 0.6 is 0 Å². The fourth-order valence-electron chi connectivity index (χ4n) is 3.03. The maximum atomic E-state index is 9.24. The highest BCUT2D eigenvalue weighted by Gasteiger charge is 2.23. The maximum absolute atomic E-state index is 9.24. The van der Waals surface area contributed by atoms with Crippen LogP contribution < -0.4 is 4.90 Å². The molecule has 0 saturated carbocycles. The lowest BCUT2D eigenvalue weighted by atomic mass is 10.0. The van der Waals surface area contributed by atoms with E-state index in [-0.39, 0.29) is 12.2 Å². The average Bonchev–Trinajstić information content (AvgIpc) is 2.45. The molecule has 0 bridgehead atoms. The molecule has 0 aliphatic carbocycles. The lowest BCUT2D eigenvalue weighted by Gasteiger charge is -2.37. The van der Waals surface area contributed by atoms with Crippen LogP contribution in [0.3, 0.4) is 0 Å². The van der Waals surface area contributed by atoms with Crippen molar-refractivity contribution < 1.29 is 4.74 Å². The summed E-state index contributed by atoms with van der Waals surface area (Å²) in [4.78, 5) is 2.36. The lowest BCUT2D eigenvalue weighted by Crippen LogP contribution is -2.45. The van der Waals surface area contributed by atoms with Crippen molar-refractivity contribution >= 4 is 16.5 Å². The predicted octanol–water partition coefficient (Wildman–Crippen LogP) is 3.33. The van der Waals surface area contributed by atoms with Gasteiger partial charge in [0.2, 0.25) is 0 Å². The minimum Gasteiger partial charge on any atom is -0.372 e. The fourth-order valence-corrected chi connectivity index (χ4v) is 3.03. The van der Waals surface area contributed by atoms with Gasteiger partial charge >= 0.3 is 0 Å². The number of rotatable bonds is 1. The summed E-state index contributed by atoms with van der Waals surface area (Å²) >= 11 is 0. The molecular weight excluding hydrogens is 248 g/mol. The van der Waals surface area contributed by atoms with Gasteiger partial charge in [-0.2, -0.15) is 5.26 Å². The summed E-state index contributed by atoms with van der Waals surface area (Å²) in [6.07, 6.45) is 0.460. The van der Waals surface area contributed by atoms with Crippen molar-refractivity contribution in [2.24, 2.45) is 0 Å². The Morgan fingerprint density at radius 1 is 1.05 bits per heavy atom. The molecule has 0 amide bonds. The first kappa shape index (κ1) is 13.0. The van der Waals surface area contributed by atoms with Crippen molar-refractivity contribution in [3.63, 3.8) is 0 Å². The predicted molar refractivity (Wildman–Crippen MR) is 80.9 cm³/mol. The van der Waals surface area contributed by atoms with Crippen LogP contribution in [0.4, 0.5) is 5.69 Å². The monoisotopic (exact) mass is 266 g/mol. The molecule has 2 unspecified atom stereocenters. The Morgan fingerprint density at radius 3 is 2.35 bits per heavy atom. The Labute approximate surface area is 119 Å². The highest BCUT2D eigenvalue weighted by atomic mass is 16.5. The summed E-state index contributed by atoms with van der Waals surface area (Å²) in [5, 5.41) is 11.4. The summed E-state index contributed by atoms with van der Waals surface area (Å²) in [5.74, 6) is 0. The van der Waals surface area contributed by atoms with E-state index in [2.05, 4.69) is 36.9 Å². The number of fused-ring (bicyclic) bond motifs is 1. The van der Waals surface area contributed by atoms with Gasteiger partial charge in [0.15, 0.2) is 0 Å². The Balaban J connectivity index is 2.11. The molecule has 20 heavy (non-hydrogen) atoms. The van der Waals surface area contributed by atoms with Gasteiger partial charge in [-0.1, -0.05) is 24.3 Å². The molecule has 3 rings (SSSR count). The quantitative estimate of drug-likeness (QED) is 0.794. The molecule has 0 N–H and O–H groups in total. The van der Waals surface area contributed by atoms with E-state index in [1.54, 1.807) is 0 Å². The van der Waals surface area contributed by atoms with Gasteiger partial charge in [0.05, 0.1) is 23.8 Å². The van der Waals surface area contributed by atoms with Gasteiger partial charge in [-0.15, -0.1) is 0 Å². The van der Waals surface area contributed by atoms with Gasteiger partial charge < -0.3 is 9.64 Å². The van der Waals surface area contributed by atoms with Crippen molar-refractivity contribution in [1.29, 1.82) is 5.26 Å². The minimum atomic E-state index is 0.230. The lowest BCUT2D eigenvalue weighted by molar-refractivity contribution is -0.00513. The van der Waals surface area contributed by atoms with E-state index in [1.165, 1.54) is 5.69 Å². The van der Waals surface area contributed by atoms with Gasteiger partial charge in [0.1, 0.15) is 0 Å². The van der Waals surface area contributed by atoms with Crippen molar-refractivity contribution in [2.75, 3.05) is 18.0 Å². The Bertz CT molecular complexity index is 664. The summed E-state index contributed by atoms with van der Waals surface area (Å²) in [5.41, 5.74) is 1.93. The summed E-state index contributed by atoms with van der Waals surface area (Å²) in [7, 11) is 0. The largest absolute Gasteiger partial charge is 0.372 e. The number of nitrogens with zero attached hydrogens (tertiary/aromatic N) is 2. The standard InChI is InChI=1S/C17H18N2O/c1-12-10-19(11-13(2)20-12)17-8-7-14(9-18)15-5-3-4-6-16(15)17/h3-8,12-13H,10-11H2,1-2H3. The zero-order valence-corrected chi connectivity index (χ0v) is 11.8. The Morgan fingerprint density at radius 2 is 1.70 bits per heavy atom. The summed E-state index contributed by atoms with van der Waals surface area (Å²) < 4.78 is 5.80. The van der Waals surface area contributed by atoms with Gasteiger partial charge in [-0.3, -0.25) is 0 Å². The number of ether oxygens (including phenoxy) is 1. The first-order valence-corrected chi connectivity index (χ1v) is 7.01. The highest BCUT2D eigenvalue weighted by molar-refractivity contribution is 5.97. The second-order valence-electron chi connectivity index (χ2n) is 5.45. The third kappa shape index (κ3) is 2.23. The van der Waals surface area contributed by atoms with E-state index in [0.717, 1.165) is 29.4 Å². The molecular formula is C17H18N2O. The van der Waals surface area contributed by atoms with E-state index in [0.29, 0.717) is 0 Å². The molecule has 0 spiro atoms. The second-order valence-corrected chi connectivity index (χ2v) is 5.45. The van der Waals surface area contributed by atoms with Crippen LogP contribution in [0.1, 0.15) is 19.4 Å². The van der Waals surface area contributed by atoms with Gasteiger partial charge in [0.25, 0.3) is 0 Å². The maximum Gasteiger partial charge on any atom is 0.0998 e. The van der Waals surface area contributed by atoms with Crippen LogP contribution in [-0.4, -0.2) is 25.3 Å². The molecule has 1 heterocycles. The molecule has 1 fully saturated rings. The van der Waals surface area contributed by atoms with E-state index < -0.39 is 0 Å². The van der Waals surface area contributed by atoms with Crippen LogP contribution in [0, 0.1) is 11.3 Å². The van der Waals surface area contributed by atoms with Crippen LogP contribution in [0.15, 0.2) is 36.4 Å². The molecule has 1 aliphatic rings. The second kappa shape index (κ2) is 5.15. The van der Waals surface area contributed by atoms with Crippen molar-refractivity contribution in [2.45, 2.75) is 26.1 Å². The van der Waals surface area contributed by atoms with E-state index >= 15 is 0 Å². The Hall–Kier alpha value is -2.05. The molecule has 3 heteroatoms. The van der Waals surface area contributed by atoms with Crippen molar-refractivity contribution in [3.8, 4) is 6.07 Å². The van der Waals surface area contributed by atoms with E-state index in [1.807, 2.05) is 24.3 Å². The van der Waals surface area contributed by atoms with Crippen LogP contribution in [0.2, 0.25) is 0 Å². The van der Waals surface area contributed by atoms with E-state index in [9.17, 15) is 5.26 Å². The van der Waals surface area contributed by atoms with Crippen LogP contribution in [-0.2, 0) is 4.74 Å². The molecule has 3 nitrogen and oxygen atoms in total. The normalized spacial score (nSPS) is 22.8. The molecule has 0 radical (unpaired) electrons. The van der Waals surface area contributed by atoms with Crippen molar-refractivity contribution in [1.82, 2.24) is 0 Å². The van der Waals surface area contributed by atoms with Crippen molar-refractivity contribution in [3.05, 3.63) is 42.0 Å². The van der Waals surface area contributed by atoms with E-state index in [4.69, 9.17) is 4.74 Å². The van der Waals surface area contributed by atoms with Gasteiger partial charge in [0, 0.05) is 29.5 Å². The molecule has 2 atom stereocenters. The third-order valence-electron chi connectivity index (χ3n) is 3.78. The number of hydrogen-bond acceptors (Lipinski definition) is 3. The molecule has 1 aliphatic heterocycles. The van der Waals surface area contributed by atoms with Crippen LogP contribution in [0.5, 0.6) is 0 Å². The number of nitriles is 1. The SMILES string of the molecule is CC1CN(c2ccc(C#N)c3ccccc23)CC(C)O1. The average molecular weight is 266 g/mol.